The lowest BCUT2D eigenvalue weighted by atomic mass is 9.84. The number of rotatable bonds is 7. The Hall–Kier alpha value is -0.0400. The topological polar surface area (TPSA) is 20.2 Å². The molecule has 12 heavy (non-hydrogen) atoms. The van der Waals surface area contributed by atoms with Crippen molar-refractivity contribution in [3.63, 3.8) is 0 Å². The molecular formula is C11H24O. The molecule has 1 N–H and O–H groups in total. The molecule has 0 aliphatic rings. The monoisotopic (exact) mass is 172 g/mol. The van der Waals surface area contributed by atoms with Crippen LogP contribution in [0.15, 0.2) is 0 Å². The minimum Gasteiger partial charge on any atom is -0.396 e. The van der Waals surface area contributed by atoms with Crippen molar-refractivity contribution >= 4 is 0 Å². The van der Waals surface area contributed by atoms with Gasteiger partial charge in [0.1, 0.15) is 0 Å². The van der Waals surface area contributed by atoms with Crippen LogP contribution < -0.4 is 0 Å². The first-order valence-corrected chi connectivity index (χ1v) is 5.37. The molecule has 0 amide bonds. The maximum absolute atomic E-state index is 8.82. The molecule has 0 heterocycles. The predicted molar refractivity (Wildman–Crippen MR) is 54.2 cm³/mol. The van der Waals surface area contributed by atoms with Gasteiger partial charge in [0.05, 0.1) is 0 Å². The molecule has 0 bridgehead atoms. The second kappa shape index (κ2) is 7.60. The molecule has 1 nitrogen and oxygen atoms in total. The van der Waals surface area contributed by atoms with Crippen LogP contribution in [0, 0.1) is 11.8 Å². The molecule has 0 saturated heterocycles. The summed E-state index contributed by atoms with van der Waals surface area (Å²) >= 11 is 0. The largest absolute Gasteiger partial charge is 0.396 e. The molecule has 0 spiro atoms. The van der Waals surface area contributed by atoms with E-state index in [1.54, 1.807) is 0 Å². The van der Waals surface area contributed by atoms with Gasteiger partial charge in [-0.25, -0.2) is 0 Å². The van der Waals surface area contributed by atoms with Crippen molar-refractivity contribution in [1.82, 2.24) is 0 Å². The molecule has 0 aliphatic heterocycles. The van der Waals surface area contributed by atoms with Crippen LogP contribution in [0.1, 0.15) is 52.9 Å². The van der Waals surface area contributed by atoms with Crippen molar-refractivity contribution in [2.24, 2.45) is 11.8 Å². The average Bonchev–Trinajstić information content (AvgIpc) is 2.04. The highest BCUT2D eigenvalue weighted by Gasteiger charge is 2.14. The van der Waals surface area contributed by atoms with Crippen molar-refractivity contribution in [3.8, 4) is 0 Å². The molecule has 1 atom stereocenters. The first-order valence-electron chi connectivity index (χ1n) is 5.37. The van der Waals surface area contributed by atoms with Gasteiger partial charge < -0.3 is 5.11 Å². The summed E-state index contributed by atoms with van der Waals surface area (Å²) < 4.78 is 0. The van der Waals surface area contributed by atoms with E-state index < -0.39 is 0 Å². The SMILES string of the molecule is CCCC(CCC)C(C)CCO. The summed E-state index contributed by atoms with van der Waals surface area (Å²) in [6, 6.07) is 0. The maximum atomic E-state index is 8.82. The van der Waals surface area contributed by atoms with Gasteiger partial charge >= 0.3 is 0 Å². The van der Waals surface area contributed by atoms with Crippen molar-refractivity contribution in [2.75, 3.05) is 6.61 Å². The highest BCUT2D eigenvalue weighted by Crippen LogP contribution is 2.24. The van der Waals surface area contributed by atoms with Gasteiger partial charge in [-0.1, -0.05) is 46.5 Å². The van der Waals surface area contributed by atoms with Crippen LogP contribution in [-0.4, -0.2) is 11.7 Å². The van der Waals surface area contributed by atoms with Gasteiger partial charge in [-0.2, -0.15) is 0 Å². The van der Waals surface area contributed by atoms with Gasteiger partial charge in [-0.05, 0) is 18.3 Å². The summed E-state index contributed by atoms with van der Waals surface area (Å²) in [7, 11) is 0. The van der Waals surface area contributed by atoms with Crippen LogP contribution in [0.2, 0.25) is 0 Å². The summed E-state index contributed by atoms with van der Waals surface area (Å²) in [6.07, 6.45) is 6.19. The zero-order chi connectivity index (χ0) is 9.40. The molecule has 0 radical (unpaired) electrons. The van der Waals surface area contributed by atoms with Crippen LogP contribution in [0.3, 0.4) is 0 Å². The van der Waals surface area contributed by atoms with Crippen molar-refractivity contribution < 1.29 is 5.11 Å². The molecule has 0 aromatic carbocycles. The lowest BCUT2D eigenvalue weighted by Crippen LogP contribution is -2.12. The predicted octanol–water partition coefficient (Wildman–Crippen LogP) is 3.22. The minimum absolute atomic E-state index is 0.352. The summed E-state index contributed by atoms with van der Waals surface area (Å²) in [5, 5.41) is 8.82. The average molecular weight is 172 g/mol. The fourth-order valence-electron chi connectivity index (χ4n) is 1.89. The molecule has 0 saturated carbocycles. The first-order chi connectivity index (χ1) is 5.76. The van der Waals surface area contributed by atoms with Crippen molar-refractivity contribution in [3.05, 3.63) is 0 Å². The van der Waals surface area contributed by atoms with Crippen LogP contribution in [-0.2, 0) is 0 Å². The Kier molecular flexibility index (Phi) is 7.58. The second-order valence-electron chi connectivity index (χ2n) is 3.83. The summed E-state index contributed by atoms with van der Waals surface area (Å²) in [5.74, 6) is 1.54. The minimum atomic E-state index is 0.352. The Bertz CT molecular complexity index is 85.0. The van der Waals surface area contributed by atoms with E-state index in [0.29, 0.717) is 12.5 Å². The Morgan fingerprint density at radius 3 is 1.83 bits per heavy atom. The number of hydrogen-bond donors (Lipinski definition) is 1. The van der Waals surface area contributed by atoms with E-state index in [9.17, 15) is 0 Å². The lowest BCUT2D eigenvalue weighted by Gasteiger charge is -2.22. The zero-order valence-corrected chi connectivity index (χ0v) is 8.84. The third kappa shape index (κ3) is 4.76. The Morgan fingerprint density at radius 2 is 1.50 bits per heavy atom. The fraction of sp³-hybridized carbons (Fsp3) is 1.00. The maximum Gasteiger partial charge on any atom is 0.0433 e. The number of aliphatic hydroxyl groups is 1. The quantitative estimate of drug-likeness (QED) is 0.625. The molecule has 0 rings (SSSR count). The van der Waals surface area contributed by atoms with E-state index in [-0.39, 0.29) is 0 Å². The van der Waals surface area contributed by atoms with Gasteiger partial charge in [0, 0.05) is 6.61 Å². The molecule has 0 fully saturated rings. The number of aliphatic hydroxyl groups excluding tert-OH is 1. The van der Waals surface area contributed by atoms with Crippen LogP contribution in [0.25, 0.3) is 0 Å². The fourth-order valence-corrected chi connectivity index (χ4v) is 1.89. The highest BCUT2D eigenvalue weighted by molar-refractivity contribution is 4.65. The van der Waals surface area contributed by atoms with Crippen LogP contribution in [0.5, 0.6) is 0 Å². The van der Waals surface area contributed by atoms with Gasteiger partial charge in [0.15, 0.2) is 0 Å². The van der Waals surface area contributed by atoms with Crippen LogP contribution in [0.4, 0.5) is 0 Å². The smallest absolute Gasteiger partial charge is 0.0433 e. The standard InChI is InChI=1S/C11H24O/c1-4-6-11(7-5-2)10(3)8-9-12/h10-12H,4-9H2,1-3H3. The third-order valence-corrected chi connectivity index (χ3v) is 2.71. The van der Waals surface area contributed by atoms with E-state index in [0.717, 1.165) is 12.3 Å². The highest BCUT2D eigenvalue weighted by atomic mass is 16.3. The lowest BCUT2D eigenvalue weighted by molar-refractivity contribution is 0.215. The zero-order valence-electron chi connectivity index (χ0n) is 8.84. The first kappa shape index (κ1) is 12.0. The number of hydrogen-bond acceptors (Lipinski definition) is 1. The Balaban J connectivity index is 3.72. The summed E-state index contributed by atoms with van der Waals surface area (Å²) in [6.45, 7) is 7.11. The van der Waals surface area contributed by atoms with Crippen LogP contribution >= 0.6 is 0 Å². The van der Waals surface area contributed by atoms with E-state index >= 15 is 0 Å². The van der Waals surface area contributed by atoms with Gasteiger partial charge in [-0.15, -0.1) is 0 Å². The normalized spacial score (nSPS) is 13.8. The van der Waals surface area contributed by atoms with Gasteiger partial charge in [0.25, 0.3) is 0 Å². The van der Waals surface area contributed by atoms with E-state index in [1.807, 2.05) is 0 Å². The molecule has 0 aromatic rings. The second-order valence-corrected chi connectivity index (χ2v) is 3.83. The van der Waals surface area contributed by atoms with Crippen molar-refractivity contribution in [2.45, 2.75) is 52.9 Å². The summed E-state index contributed by atoms with van der Waals surface area (Å²) in [5.41, 5.74) is 0. The molecule has 0 aliphatic carbocycles. The Labute approximate surface area is 77.2 Å². The Morgan fingerprint density at radius 1 is 1.00 bits per heavy atom. The van der Waals surface area contributed by atoms with Crippen molar-refractivity contribution in [1.29, 1.82) is 0 Å². The van der Waals surface area contributed by atoms with E-state index in [2.05, 4.69) is 20.8 Å². The third-order valence-electron chi connectivity index (χ3n) is 2.71. The van der Waals surface area contributed by atoms with E-state index in [4.69, 9.17) is 5.11 Å². The molecule has 0 aromatic heterocycles. The van der Waals surface area contributed by atoms with Gasteiger partial charge in [0.2, 0.25) is 0 Å². The molecule has 1 unspecified atom stereocenters. The van der Waals surface area contributed by atoms with Gasteiger partial charge in [-0.3, -0.25) is 0 Å². The summed E-state index contributed by atoms with van der Waals surface area (Å²) in [4.78, 5) is 0. The molecule has 74 valence electrons. The molecular weight excluding hydrogens is 148 g/mol. The van der Waals surface area contributed by atoms with E-state index in [1.165, 1.54) is 25.7 Å². The molecule has 1 heteroatoms.